The lowest BCUT2D eigenvalue weighted by atomic mass is 9.96. The number of likely N-dealkylation sites (tertiary alicyclic amines) is 1. The molecule has 0 aliphatic carbocycles. The van der Waals surface area contributed by atoms with Gasteiger partial charge in [-0.2, -0.15) is 0 Å². The Bertz CT molecular complexity index is 704. The zero-order valence-electron chi connectivity index (χ0n) is 14.2. The van der Waals surface area contributed by atoms with E-state index in [1.807, 2.05) is 23.1 Å². The van der Waals surface area contributed by atoms with Gasteiger partial charge in [-0.1, -0.05) is 25.1 Å². The molecule has 1 aliphatic rings. The normalized spacial score (nSPS) is 19.2. The molecule has 1 N–H and O–H groups in total. The predicted octanol–water partition coefficient (Wildman–Crippen LogP) is 3.42. The van der Waals surface area contributed by atoms with Crippen molar-refractivity contribution in [3.63, 3.8) is 0 Å². The van der Waals surface area contributed by atoms with E-state index in [4.69, 9.17) is 4.74 Å². The molecule has 128 valence electrons. The zero-order valence-corrected chi connectivity index (χ0v) is 14.2. The first-order valence-electron chi connectivity index (χ1n) is 8.55. The predicted molar refractivity (Wildman–Crippen MR) is 92.4 cm³/mol. The Morgan fingerprint density at radius 2 is 2.12 bits per heavy atom. The van der Waals surface area contributed by atoms with Crippen molar-refractivity contribution in [2.24, 2.45) is 5.92 Å². The van der Waals surface area contributed by atoms with E-state index >= 15 is 0 Å². The molecule has 1 aromatic heterocycles. The first-order chi connectivity index (χ1) is 11.6. The fraction of sp³-hybridized carbons (Fsp3) is 0.474. The summed E-state index contributed by atoms with van der Waals surface area (Å²) in [7, 11) is 1.35. The molecule has 1 aliphatic heterocycles. The molecule has 5 heteroatoms. The van der Waals surface area contributed by atoms with Crippen LogP contribution < -0.4 is 0 Å². The molecular formula is C19H24N2O3. The SMILES string of the molecule is COC(=O)C[C@@H](C)C(=O)N1CCCC[C@H]1c1cc2ccccc2[nH]1. The fourth-order valence-electron chi connectivity index (χ4n) is 3.50. The van der Waals surface area contributed by atoms with Crippen LogP contribution in [0.15, 0.2) is 30.3 Å². The van der Waals surface area contributed by atoms with E-state index in [-0.39, 0.29) is 30.3 Å². The monoisotopic (exact) mass is 328 g/mol. The van der Waals surface area contributed by atoms with Crippen LogP contribution in [0.5, 0.6) is 0 Å². The lowest BCUT2D eigenvalue weighted by molar-refractivity contribution is -0.148. The minimum absolute atomic E-state index is 0.0313. The van der Waals surface area contributed by atoms with Crippen molar-refractivity contribution in [3.8, 4) is 0 Å². The number of benzene rings is 1. The van der Waals surface area contributed by atoms with Crippen molar-refractivity contribution in [2.45, 2.75) is 38.6 Å². The molecule has 0 radical (unpaired) electrons. The largest absolute Gasteiger partial charge is 0.469 e. The van der Waals surface area contributed by atoms with Gasteiger partial charge in [0.2, 0.25) is 5.91 Å². The number of para-hydroxylation sites is 1. The third kappa shape index (κ3) is 3.30. The second-order valence-corrected chi connectivity index (χ2v) is 6.54. The number of piperidine rings is 1. The number of fused-ring (bicyclic) bond motifs is 1. The molecule has 1 fully saturated rings. The first kappa shape index (κ1) is 16.6. The average molecular weight is 328 g/mol. The highest BCUT2D eigenvalue weighted by Gasteiger charge is 2.32. The number of hydrogen-bond acceptors (Lipinski definition) is 3. The molecule has 0 unspecified atom stereocenters. The van der Waals surface area contributed by atoms with Gasteiger partial charge in [-0.3, -0.25) is 9.59 Å². The zero-order chi connectivity index (χ0) is 17.1. The van der Waals surface area contributed by atoms with E-state index < -0.39 is 0 Å². The minimum atomic E-state index is -0.359. The highest BCUT2D eigenvalue weighted by Crippen LogP contribution is 2.33. The number of esters is 1. The molecule has 1 aromatic carbocycles. The Morgan fingerprint density at radius 3 is 2.88 bits per heavy atom. The van der Waals surface area contributed by atoms with Crippen LogP contribution in [0.3, 0.4) is 0 Å². The number of rotatable bonds is 4. The van der Waals surface area contributed by atoms with E-state index in [1.165, 1.54) is 7.11 Å². The number of nitrogens with one attached hydrogen (secondary N) is 1. The van der Waals surface area contributed by atoms with Crippen molar-refractivity contribution < 1.29 is 14.3 Å². The van der Waals surface area contributed by atoms with E-state index in [0.717, 1.165) is 42.4 Å². The van der Waals surface area contributed by atoms with Gasteiger partial charge in [-0.25, -0.2) is 0 Å². The number of nitrogens with zero attached hydrogens (tertiary/aromatic N) is 1. The summed E-state index contributed by atoms with van der Waals surface area (Å²) in [5.74, 6) is -0.666. The van der Waals surface area contributed by atoms with Crippen LogP contribution in [0, 0.1) is 5.92 Å². The number of carbonyl (C=O) groups excluding carboxylic acids is 2. The molecule has 2 heterocycles. The number of hydrogen-bond donors (Lipinski definition) is 1. The number of aromatic amines is 1. The topological polar surface area (TPSA) is 62.4 Å². The molecule has 0 bridgehead atoms. The molecule has 0 spiro atoms. The molecule has 2 aromatic rings. The van der Waals surface area contributed by atoms with Crippen LogP contribution in [0.4, 0.5) is 0 Å². The average Bonchev–Trinajstić information content (AvgIpc) is 3.04. The summed E-state index contributed by atoms with van der Waals surface area (Å²) in [6, 6.07) is 10.3. The van der Waals surface area contributed by atoms with E-state index in [0.29, 0.717) is 0 Å². The number of amides is 1. The summed E-state index contributed by atoms with van der Waals surface area (Å²) in [6.45, 7) is 2.54. The summed E-state index contributed by atoms with van der Waals surface area (Å²) in [6.07, 6.45) is 3.19. The lowest BCUT2D eigenvalue weighted by Crippen LogP contribution is -2.42. The van der Waals surface area contributed by atoms with Crippen molar-refractivity contribution in [1.29, 1.82) is 0 Å². The lowest BCUT2D eigenvalue weighted by Gasteiger charge is -2.36. The van der Waals surface area contributed by atoms with Gasteiger partial charge in [0.1, 0.15) is 0 Å². The van der Waals surface area contributed by atoms with Crippen molar-refractivity contribution in [1.82, 2.24) is 9.88 Å². The molecule has 1 saturated heterocycles. The summed E-state index contributed by atoms with van der Waals surface area (Å²) < 4.78 is 4.69. The highest BCUT2D eigenvalue weighted by molar-refractivity contribution is 5.84. The Morgan fingerprint density at radius 1 is 1.33 bits per heavy atom. The summed E-state index contributed by atoms with van der Waals surface area (Å²) in [5, 5.41) is 1.16. The maximum absolute atomic E-state index is 12.9. The van der Waals surface area contributed by atoms with Gasteiger partial charge in [0, 0.05) is 23.7 Å². The van der Waals surface area contributed by atoms with Gasteiger partial charge in [0.05, 0.1) is 19.6 Å². The van der Waals surface area contributed by atoms with Gasteiger partial charge in [0.15, 0.2) is 0 Å². The number of H-pyrrole nitrogens is 1. The Balaban J connectivity index is 1.82. The van der Waals surface area contributed by atoms with Crippen molar-refractivity contribution in [3.05, 3.63) is 36.0 Å². The quantitative estimate of drug-likeness (QED) is 0.875. The number of ether oxygens (including phenoxy) is 1. The van der Waals surface area contributed by atoms with Gasteiger partial charge >= 0.3 is 5.97 Å². The molecule has 0 saturated carbocycles. The third-order valence-corrected chi connectivity index (χ3v) is 4.82. The van der Waals surface area contributed by atoms with E-state index in [1.54, 1.807) is 6.92 Å². The fourth-order valence-corrected chi connectivity index (χ4v) is 3.50. The number of methoxy groups -OCH3 is 1. The Hall–Kier alpha value is -2.30. The smallest absolute Gasteiger partial charge is 0.306 e. The van der Waals surface area contributed by atoms with Gasteiger partial charge < -0.3 is 14.6 Å². The molecule has 3 rings (SSSR count). The van der Waals surface area contributed by atoms with Crippen LogP contribution in [0.2, 0.25) is 0 Å². The van der Waals surface area contributed by atoms with Crippen LogP contribution in [0.25, 0.3) is 10.9 Å². The van der Waals surface area contributed by atoms with E-state index in [9.17, 15) is 9.59 Å². The number of carbonyl (C=O) groups is 2. The van der Waals surface area contributed by atoms with Crippen LogP contribution in [-0.4, -0.2) is 35.4 Å². The first-order valence-corrected chi connectivity index (χ1v) is 8.55. The van der Waals surface area contributed by atoms with Crippen LogP contribution in [0.1, 0.15) is 44.3 Å². The molecule has 2 atom stereocenters. The maximum atomic E-state index is 12.9. The van der Waals surface area contributed by atoms with Crippen LogP contribution >= 0.6 is 0 Å². The summed E-state index contributed by atoms with van der Waals surface area (Å²) in [4.78, 5) is 29.7. The van der Waals surface area contributed by atoms with Crippen molar-refractivity contribution in [2.75, 3.05) is 13.7 Å². The van der Waals surface area contributed by atoms with E-state index in [2.05, 4.69) is 17.1 Å². The van der Waals surface area contributed by atoms with Gasteiger partial charge in [0.25, 0.3) is 0 Å². The molecule has 24 heavy (non-hydrogen) atoms. The van der Waals surface area contributed by atoms with Crippen LogP contribution in [-0.2, 0) is 14.3 Å². The Labute approximate surface area is 142 Å². The van der Waals surface area contributed by atoms with Crippen molar-refractivity contribution >= 4 is 22.8 Å². The third-order valence-electron chi connectivity index (χ3n) is 4.82. The second kappa shape index (κ2) is 7.07. The highest BCUT2D eigenvalue weighted by atomic mass is 16.5. The van der Waals surface area contributed by atoms with Gasteiger partial charge in [-0.05, 0) is 36.8 Å². The minimum Gasteiger partial charge on any atom is -0.469 e. The molecule has 5 nitrogen and oxygen atoms in total. The summed E-state index contributed by atoms with van der Waals surface area (Å²) >= 11 is 0. The van der Waals surface area contributed by atoms with Gasteiger partial charge in [-0.15, -0.1) is 0 Å². The molecular weight excluding hydrogens is 304 g/mol. The number of aromatic nitrogens is 1. The Kier molecular flexibility index (Phi) is 4.88. The summed E-state index contributed by atoms with van der Waals surface area (Å²) in [5.41, 5.74) is 2.17. The maximum Gasteiger partial charge on any atom is 0.306 e. The standard InChI is InChI=1S/C19H24N2O3/c1-13(11-18(22)24-2)19(23)21-10-6-5-9-17(21)16-12-14-7-3-4-8-15(14)20-16/h3-4,7-8,12-13,17,20H,5-6,9-11H2,1-2H3/t13-,17+/m1/s1. The second-order valence-electron chi connectivity index (χ2n) is 6.54. The molecule has 1 amide bonds.